The molecule has 148 valence electrons. The number of carbonyl (C=O) groups is 1. The van der Waals surface area contributed by atoms with Gasteiger partial charge in [0.05, 0.1) is 17.6 Å². The Balaban J connectivity index is 1.51. The van der Waals surface area contributed by atoms with E-state index in [9.17, 15) is 14.9 Å². The first-order valence-electron chi connectivity index (χ1n) is 9.60. The monoisotopic (exact) mass is 387 g/mol. The zero-order valence-electron chi connectivity index (χ0n) is 15.5. The number of carbonyl (C=O) groups excluding carboxylic acids is 1. The predicted octanol–water partition coefficient (Wildman–Crippen LogP) is 2.48. The van der Waals surface area contributed by atoms with E-state index in [0.29, 0.717) is 17.8 Å². The minimum atomic E-state index is -0.524. The molecule has 0 atom stereocenters. The van der Waals surface area contributed by atoms with Gasteiger partial charge in [-0.2, -0.15) is 5.10 Å². The first kappa shape index (κ1) is 17.3. The molecular formula is C18H21N5O5. The molecule has 0 saturated heterocycles. The summed E-state index contributed by atoms with van der Waals surface area (Å²) in [5.74, 6) is 1.53. The Kier molecular flexibility index (Phi) is 3.78. The molecule has 4 aliphatic carbocycles. The van der Waals surface area contributed by atoms with Gasteiger partial charge in [0.1, 0.15) is 12.6 Å². The maximum absolute atomic E-state index is 11.7. The molecule has 2 heterocycles. The second-order valence-electron chi connectivity index (χ2n) is 8.46. The highest BCUT2D eigenvalue weighted by Crippen LogP contribution is 2.59. The van der Waals surface area contributed by atoms with Gasteiger partial charge in [-0.05, 0) is 56.3 Å². The van der Waals surface area contributed by atoms with Crippen LogP contribution in [-0.2, 0) is 21.5 Å². The lowest BCUT2D eigenvalue weighted by atomic mass is 9.53. The van der Waals surface area contributed by atoms with E-state index in [-0.39, 0.29) is 35.1 Å². The van der Waals surface area contributed by atoms with Crippen molar-refractivity contribution in [2.75, 3.05) is 7.11 Å². The van der Waals surface area contributed by atoms with Gasteiger partial charge in [-0.25, -0.2) is 0 Å². The fourth-order valence-electron chi connectivity index (χ4n) is 5.86. The number of ether oxygens (including phenoxy) is 1. The van der Waals surface area contributed by atoms with Crippen molar-refractivity contribution in [2.24, 2.45) is 17.8 Å². The van der Waals surface area contributed by atoms with Crippen molar-refractivity contribution in [1.29, 1.82) is 0 Å². The number of nitrogens with zero attached hydrogens (tertiary/aromatic N) is 5. The van der Waals surface area contributed by atoms with Crippen molar-refractivity contribution in [1.82, 2.24) is 20.0 Å². The Morgan fingerprint density at radius 3 is 2.50 bits per heavy atom. The Morgan fingerprint density at radius 1 is 1.29 bits per heavy atom. The summed E-state index contributed by atoms with van der Waals surface area (Å²) < 4.78 is 11.8. The van der Waals surface area contributed by atoms with Crippen molar-refractivity contribution in [3.05, 3.63) is 22.2 Å². The summed E-state index contributed by atoms with van der Waals surface area (Å²) in [6.07, 6.45) is 8.22. The normalized spacial score (nSPS) is 30.5. The topological polar surface area (TPSA) is 126 Å². The Bertz CT molecular complexity index is 913. The number of esters is 1. The average molecular weight is 387 g/mol. The molecule has 4 aliphatic rings. The van der Waals surface area contributed by atoms with E-state index in [0.717, 1.165) is 19.3 Å². The molecule has 2 aromatic heterocycles. The van der Waals surface area contributed by atoms with Crippen LogP contribution >= 0.6 is 0 Å². The highest BCUT2D eigenvalue weighted by atomic mass is 16.6. The van der Waals surface area contributed by atoms with Crippen molar-refractivity contribution in [3.8, 4) is 11.6 Å². The summed E-state index contributed by atoms with van der Waals surface area (Å²) >= 11 is 0. The summed E-state index contributed by atoms with van der Waals surface area (Å²) in [4.78, 5) is 22.6. The molecule has 4 saturated carbocycles. The molecule has 10 nitrogen and oxygen atoms in total. The van der Waals surface area contributed by atoms with Crippen LogP contribution in [0.3, 0.4) is 0 Å². The van der Waals surface area contributed by atoms with Crippen molar-refractivity contribution >= 4 is 11.7 Å². The molecule has 0 N–H and O–H groups in total. The Morgan fingerprint density at radius 2 is 1.93 bits per heavy atom. The highest BCUT2D eigenvalue weighted by molar-refractivity contribution is 5.71. The molecule has 4 fully saturated rings. The minimum absolute atomic E-state index is 0.0421. The molecule has 0 amide bonds. The first-order chi connectivity index (χ1) is 13.5. The largest absolute Gasteiger partial charge is 0.469 e. The average Bonchev–Trinajstić information content (AvgIpc) is 3.27. The smallest absolute Gasteiger partial charge is 0.320 e. The van der Waals surface area contributed by atoms with Gasteiger partial charge in [-0.15, -0.1) is 10.2 Å². The van der Waals surface area contributed by atoms with Gasteiger partial charge in [-0.1, -0.05) is 0 Å². The molecular weight excluding hydrogens is 366 g/mol. The summed E-state index contributed by atoms with van der Waals surface area (Å²) in [7, 11) is 1.26. The van der Waals surface area contributed by atoms with Gasteiger partial charge in [0.25, 0.3) is 5.89 Å². The third-order valence-corrected chi connectivity index (χ3v) is 6.58. The van der Waals surface area contributed by atoms with Crippen LogP contribution < -0.4 is 0 Å². The Hall–Kier alpha value is -2.78. The van der Waals surface area contributed by atoms with E-state index < -0.39 is 10.9 Å². The van der Waals surface area contributed by atoms with E-state index >= 15 is 0 Å². The van der Waals surface area contributed by atoms with Crippen LogP contribution in [0.15, 0.2) is 10.6 Å². The van der Waals surface area contributed by atoms with Crippen LogP contribution in [0.2, 0.25) is 0 Å². The molecule has 2 aromatic rings. The third kappa shape index (κ3) is 2.70. The first-order valence-corrected chi connectivity index (χ1v) is 9.60. The van der Waals surface area contributed by atoms with Crippen LogP contribution in [0.1, 0.15) is 44.4 Å². The third-order valence-electron chi connectivity index (χ3n) is 6.58. The molecule has 0 spiro atoms. The summed E-state index contributed by atoms with van der Waals surface area (Å²) in [5, 5.41) is 23.9. The van der Waals surface area contributed by atoms with E-state index in [2.05, 4.69) is 20.0 Å². The summed E-state index contributed by atoms with van der Waals surface area (Å²) in [5.41, 5.74) is -0.236. The quantitative estimate of drug-likeness (QED) is 0.435. The predicted molar refractivity (Wildman–Crippen MR) is 94.0 cm³/mol. The number of hydrogen-bond acceptors (Lipinski definition) is 8. The fourth-order valence-corrected chi connectivity index (χ4v) is 5.86. The second kappa shape index (κ2) is 6.11. The van der Waals surface area contributed by atoms with E-state index in [1.807, 2.05) is 0 Å². The van der Waals surface area contributed by atoms with Gasteiger partial charge in [-0.3, -0.25) is 19.6 Å². The molecule has 10 heteroatoms. The van der Waals surface area contributed by atoms with Gasteiger partial charge >= 0.3 is 11.7 Å². The van der Waals surface area contributed by atoms with E-state index in [1.54, 1.807) is 4.68 Å². The zero-order chi connectivity index (χ0) is 19.5. The molecule has 0 aromatic carbocycles. The summed E-state index contributed by atoms with van der Waals surface area (Å²) in [6, 6.07) is 0. The van der Waals surface area contributed by atoms with Crippen LogP contribution in [0.25, 0.3) is 11.6 Å². The zero-order valence-corrected chi connectivity index (χ0v) is 15.5. The maximum Gasteiger partial charge on any atom is 0.320 e. The van der Waals surface area contributed by atoms with Crippen LogP contribution in [0, 0.1) is 27.9 Å². The fraction of sp³-hybridized carbons (Fsp3) is 0.667. The van der Waals surface area contributed by atoms with E-state index in [1.165, 1.54) is 32.6 Å². The lowest BCUT2D eigenvalue weighted by molar-refractivity contribution is -0.384. The van der Waals surface area contributed by atoms with Gasteiger partial charge < -0.3 is 9.15 Å². The molecule has 6 rings (SSSR count). The van der Waals surface area contributed by atoms with Gasteiger partial charge in [0, 0.05) is 0 Å². The Labute approximate surface area is 160 Å². The molecule has 0 radical (unpaired) electrons. The van der Waals surface area contributed by atoms with Gasteiger partial charge in [0.15, 0.2) is 0 Å². The lowest BCUT2D eigenvalue weighted by Gasteiger charge is -2.56. The van der Waals surface area contributed by atoms with Crippen LogP contribution in [0.4, 0.5) is 5.69 Å². The SMILES string of the molecule is COC(=O)Cc1nnc(-c2nn(C34CC5CC(CC(C5)C3)C4)cc2[N+](=O)[O-])o1. The van der Waals surface area contributed by atoms with Crippen LogP contribution in [0.5, 0.6) is 0 Å². The molecule has 0 unspecified atom stereocenters. The summed E-state index contributed by atoms with van der Waals surface area (Å²) in [6.45, 7) is 0. The van der Waals surface area contributed by atoms with Crippen molar-refractivity contribution in [2.45, 2.75) is 50.5 Å². The number of rotatable bonds is 5. The lowest BCUT2D eigenvalue weighted by Crippen LogP contribution is -2.52. The number of hydrogen-bond donors (Lipinski definition) is 0. The second-order valence-corrected chi connectivity index (χ2v) is 8.46. The standard InChI is InChI=1S/C18H21N5O5/c1-27-15(24)5-14-19-20-17(28-14)16-13(23(25)26)9-22(21-16)18-6-10-2-11(7-18)4-12(3-10)8-18/h9-12H,2-8H2,1H3. The molecule has 28 heavy (non-hydrogen) atoms. The highest BCUT2D eigenvalue weighted by Gasteiger charge is 2.53. The van der Waals surface area contributed by atoms with Crippen molar-refractivity contribution in [3.63, 3.8) is 0 Å². The van der Waals surface area contributed by atoms with E-state index in [4.69, 9.17) is 4.42 Å². The molecule has 4 bridgehead atoms. The van der Waals surface area contributed by atoms with Gasteiger partial charge in [0.2, 0.25) is 11.6 Å². The van der Waals surface area contributed by atoms with Crippen molar-refractivity contribution < 1.29 is 18.9 Å². The number of aromatic nitrogens is 4. The number of methoxy groups -OCH3 is 1. The maximum atomic E-state index is 11.7. The molecule has 0 aliphatic heterocycles. The minimum Gasteiger partial charge on any atom is -0.469 e. The number of nitro groups is 1. The van der Waals surface area contributed by atoms with Crippen LogP contribution in [-0.4, -0.2) is 38.0 Å².